The van der Waals surface area contributed by atoms with Crippen LogP contribution in [-0.2, 0) is 10.1 Å². The van der Waals surface area contributed by atoms with Crippen LogP contribution in [0.3, 0.4) is 0 Å². The Morgan fingerprint density at radius 3 is 1.82 bits per heavy atom. The SMILES string of the molecule is CCCOc1ccc(-c2nc(OS(=O)(=O)C(F)(F)F)nc(-c3ccc(OCCC)cc3OCCC)n2)c(O)c1. The fourth-order valence-corrected chi connectivity index (χ4v) is 3.48. The summed E-state index contributed by atoms with van der Waals surface area (Å²) in [6, 6.07) is 7.65. The third kappa shape index (κ3) is 7.62. The second kappa shape index (κ2) is 12.8. The zero-order valence-corrected chi connectivity index (χ0v) is 22.3. The highest BCUT2D eigenvalue weighted by Crippen LogP contribution is 2.36. The van der Waals surface area contributed by atoms with Crippen molar-refractivity contribution in [1.29, 1.82) is 0 Å². The lowest BCUT2D eigenvalue weighted by Crippen LogP contribution is -2.28. The molecule has 0 saturated heterocycles. The van der Waals surface area contributed by atoms with E-state index in [4.69, 9.17) is 14.2 Å². The van der Waals surface area contributed by atoms with Crippen LogP contribution in [0, 0.1) is 0 Å². The third-order valence-electron chi connectivity index (χ3n) is 4.89. The molecule has 0 unspecified atom stereocenters. The van der Waals surface area contributed by atoms with Crippen LogP contribution in [-0.4, -0.2) is 53.8 Å². The summed E-state index contributed by atoms with van der Waals surface area (Å²) >= 11 is 0. The molecule has 39 heavy (non-hydrogen) atoms. The van der Waals surface area contributed by atoms with Gasteiger partial charge in [-0.1, -0.05) is 20.8 Å². The fraction of sp³-hybridized carbons (Fsp3) is 0.400. The average molecular weight is 572 g/mol. The molecule has 14 heteroatoms. The second-order valence-corrected chi connectivity index (χ2v) is 9.67. The number of alkyl halides is 3. The summed E-state index contributed by atoms with van der Waals surface area (Å²) in [6.45, 7) is 6.83. The number of ether oxygens (including phenoxy) is 3. The van der Waals surface area contributed by atoms with E-state index in [-0.39, 0.29) is 40.9 Å². The van der Waals surface area contributed by atoms with Crippen molar-refractivity contribution in [3.63, 3.8) is 0 Å². The molecule has 0 aliphatic rings. The maximum absolute atomic E-state index is 13.1. The van der Waals surface area contributed by atoms with Gasteiger partial charge in [0.25, 0.3) is 0 Å². The average Bonchev–Trinajstić information content (AvgIpc) is 2.88. The predicted octanol–water partition coefficient (Wildman–Crippen LogP) is 5.51. The number of aromatic nitrogens is 3. The lowest BCUT2D eigenvalue weighted by Gasteiger charge is -2.15. The van der Waals surface area contributed by atoms with Gasteiger partial charge in [0, 0.05) is 12.1 Å². The Labute approximate surface area is 223 Å². The molecule has 0 saturated carbocycles. The number of phenols is 1. The van der Waals surface area contributed by atoms with Crippen LogP contribution in [0.15, 0.2) is 36.4 Å². The molecule has 0 radical (unpaired) electrons. The van der Waals surface area contributed by atoms with Crippen LogP contribution >= 0.6 is 0 Å². The van der Waals surface area contributed by atoms with Gasteiger partial charge in [0.1, 0.15) is 23.0 Å². The van der Waals surface area contributed by atoms with Crippen LogP contribution in [0.5, 0.6) is 29.0 Å². The van der Waals surface area contributed by atoms with Crippen molar-refractivity contribution in [2.45, 2.75) is 45.5 Å². The van der Waals surface area contributed by atoms with Gasteiger partial charge in [0.05, 0.1) is 30.9 Å². The van der Waals surface area contributed by atoms with E-state index in [1.807, 2.05) is 20.8 Å². The zero-order chi connectivity index (χ0) is 28.6. The summed E-state index contributed by atoms with van der Waals surface area (Å²) in [5.74, 6) is 0.0701. The molecule has 3 rings (SSSR count). The Morgan fingerprint density at radius 1 is 0.769 bits per heavy atom. The van der Waals surface area contributed by atoms with Gasteiger partial charge in [-0.25, -0.2) is 4.98 Å². The highest BCUT2D eigenvalue weighted by molar-refractivity contribution is 7.87. The predicted molar refractivity (Wildman–Crippen MR) is 135 cm³/mol. The van der Waals surface area contributed by atoms with Crippen molar-refractivity contribution >= 4 is 10.1 Å². The Morgan fingerprint density at radius 2 is 1.28 bits per heavy atom. The summed E-state index contributed by atoms with van der Waals surface area (Å²) in [5, 5.41) is 10.6. The van der Waals surface area contributed by atoms with Crippen molar-refractivity contribution in [1.82, 2.24) is 15.0 Å². The largest absolute Gasteiger partial charge is 0.534 e. The normalized spacial score (nSPS) is 11.7. The van der Waals surface area contributed by atoms with Gasteiger partial charge in [-0.3, -0.25) is 0 Å². The lowest BCUT2D eigenvalue weighted by atomic mass is 10.1. The van der Waals surface area contributed by atoms with Crippen LogP contribution in [0.1, 0.15) is 40.0 Å². The molecule has 212 valence electrons. The molecule has 0 amide bonds. The van der Waals surface area contributed by atoms with Gasteiger partial charge >= 0.3 is 21.6 Å². The summed E-state index contributed by atoms with van der Waals surface area (Å²) in [7, 11) is -6.10. The smallest absolute Gasteiger partial charge is 0.507 e. The minimum absolute atomic E-state index is 0.0318. The molecule has 0 aliphatic carbocycles. The maximum atomic E-state index is 13.1. The van der Waals surface area contributed by atoms with E-state index in [9.17, 15) is 26.7 Å². The lowest BCUT2D eigenvalue weighted by molar-refractivity contribution is -0.0502. The topological polar surface area (TPSA) is 130 Å². The molecule has 0 spiro atoms. The first-order valence-corrected chi connectivity index (χ1v) is 13.5. The highest BCUT2D eigenvalue weighted by atomic mass is 32.2. The van der Waals surface area contributed by atoms with Crippen molar-refractivity contribution in [2.24, 2.45) is 0 Å². The van der Waals surface area contributed by atoms with Gasteiger partial charge in [-0.05, 0) is 43.5 Å². The van der Waals surface area contributed by atoms with Crippen LogP contribution in [0.4, 0.5) is 13.2 Å². The first kappa shape index (κ1) is 29.7. The molecule has 3 aromatic rings. The standard InChI is InChI=1S/C25H28F3N3O7S/c1-4-11-35-16-7-9-18(20(32)14-16)22-29-23(31-24(30-22)38-39(33,34)25(26,27)28)19-10-8-17(36-12-5-2)15-21(19)37-13-6-3/h7-10,14-15,32H,4-6,11-13H2,1-3H3. The molecule has 1 aromatic heterocycles. The van der Waals surface area contributed by atoms with Crippen molar-refractivity contribution < 1.29 is 45.1 Å². The summed E-state index contributed by atoms with van der Waals surface area (Å²) < 4.78 is 83.7. The first-order valence-electron chi connectivity index (χ1n) is 12.1. The van der Waals surface area contributed by atoms with Gasteiger partial charge < -0.3 is 23.5 Å². The van der Waals surface area contributed by atoms with E-state index in [0.717, 1.165) is 12.8 Å². The van der Waals surface area contributed by atoms with E-state index in [2.05, 4.69) is 19.1 Å². The second-order valence-electron chi connectivity index (χ2n) is 8.13. The number of phenolic OH excluding ortho intramolecular Hbond substituents is 1. The van der Waals surface area contributed by atoms with Gasteiger partial charge in [0.15, 0.2) is 11.6 Å². The number of halogens is 3. The zero-order valence-electron chi connectivity index (χ0n) is 21.5. The highest BCUT2D eigenvalue weighted by Gasteiger charge is 2.49. The number of nitrogens with zero attached hydrogens (tertiary/aromatic N) is 3. The Kier molecular flexibility index (Phi) is 9.78. The number of rotatable bonds is 13. The van der Waals surface area contributed by atoms with Crippen molar-refractivity contribution in [3.8, 4) is 51.8 Å². The van der Waals surface area contributed by atoms with Gasteiger partial charge in [0.2, 0.25) is 0 Å². The quantitative estimate of drug-likeness (QED) is 0.207. The van der Waals surface area contributed by atoms with Crippen molar-refractivity contribution in [2.75, 3.05) is 19.8 Å². The summed E-state index contributed by atoms with van der Waals surface area (Å²) in [5.41, 5.74) is -5.56. The monoisotopic (exact) mass is 571 g/mol. The molecular weight excluding hydrogens is 543 g/mol. The Bertz CT molecular complexity index is 1390. The molecule has 1 heterocycles. The Hall–Kier alpha value is -3.81. The van der Waals surface area contributed by atoms with E-state index >= 15 is 0 Å². The molecule has 10 nitrogen and oxygen atoms in total. The Balaban J connectivity index is 2.17. The van der Waals surface area contributed by atoms with Gasteiger partial charge in [-0.15, -0.1) is 0 Å². The number of aromatic hydroxyl groups is 1. The molecule has 0 aliphatic heterocycles. The molecule has 1 N–H and O–H groups in total. The molecule has 0 atom stereocenters. The molecule has 0 fully saturated rings. The maximum Gasteiger partial charge on any atom is 0.534 e. The molecule has 0 bridgehead atoms. The minimum atomic E-state index is -6.10. The molecule has 2 aromatic carbocycles. The summed E-state index contributed by atoms with van der Waals surface area (Å²) in [6.07, 6.45) is 2.11. The van der Waals surface area contributed by atoms with E-state index < -0.39 is 21.6 Å². The molecular formula is C25H28F3N3O7S. The van der Waals surface area contributed by atoms with E-state index in [1.165, 1.54) is 24.3 Å². The van der Waals surface area contributed by atoms with Gasteiger partial charge in [-0.2, -0.15) is 31.6 Å². The van der Waals surface area contributed by atoms with E-state index in [1.54, 1.807) is 12.1 Å². The van der Waals surface area contributed by atoms with E-state index in [0.29, 0.717) is 31.1 Å². The fourth-order valence-electron chi connectivity index (χ4n) is 3.12. The summed E-state index contributed by atoms with van der Waals surface area (Å²) in [4.78, 5) is 11.8. The first-order chi connectivity index (χ1) is 18.5. The van der Waals surface area contributed by atoms with Crippen LogP contribution in [0.25, 0.3) is 22.8 Å². The minimum Gasteiger partial charge on any atom is -0.507 e. The van der Waals surface area contributed by atoms with Crippen molar-refractivity contribution in [3.05, 3.63) is 36.4 Å². The van der Waals surface area contributed by atoms with Crippen LogP contribution in [0.2, 0.25) is 0 Å². The number of hydrogen-bond acceptors (Lipinski definition) is 10. The third-order valence-corrected chi connectivity index (χ3v) is 5.83. The number of benzene rings is 2. The number of hydrogen-bond donors (Lipinski definition) is 1. The van der Waals surface area contributed by atoms with Crippen LogP contribution < -0.4 is 18.4 Å².